The van der Waals surface area contributed by atoms with E-state index in [-0.39, 0.29) is 17.8 Å². The summed E-state index contributed by atoms with van der Waals surface area (Å²) >= 11 is 0. The largest absolute Gasteiger partial charge is 0.373 e. The van der Waals surface area contributed by atoms with Crippen molar-refractivity contribution in [3.8, 4) is 0 Å². The van der Waals surface area contributed by atoms with E-state index in [1.165, 1.54) is 6.07 Å². The Kier molecular flexibility index (Phi) is 5.05. The van der Waals surface area contributed by atoms with E-state index in [1.54, 1.807) is 31.5 Å². The van der Waals surface area contributed by atoms with Crippen molar-refractivity contribution in [1.82, 2.24) is 10.3 Å². The summed E-state index contributed by atoms with van der Waals surface area (Å²) in [6.45, 7) is 2.31. The lowest BCUT2D eigenvalue weighted by molar-refractivity contribution is 0.00235. The SMILES string of the molecule is Cc1cccc(F)c1NC(=O)NC1CCOC(c2cccnc2)C1. The molecule has 0 radical (unpaired) electrons. The Morgan fingerprint density at radius 2 is 2.21 bits per heavy atom. The average molecular weight is 329 g/mol. The summed E-state index contributed by atoms with van der Waals surface area (Å²) in [6.07, 6.45) is 4.78. The highest BCUT2D eigenvalue weighted by molar-refractivity contribution is 5.90. The first-order chi connectivity index (χ1) is 11.6. The first-order valence-corrected chi connectivity index (χ1v) is 7.97. The standard InChI is InChI=1S/C18H20FN3O2/c1-12-4-2-6-15(19)17(12)22-18(23)21-14-7-9-24-16(10-14)13-5-3-8-20-11-13/h2-6,8,11,14,16H,7,9-10H2,1H3,(H2,21,22,23). The topological polar surface area (TPSA) is 63.2 Å². The number of carbonyl (C=O) groups excluding carboxylic acids is 1. The molecular weight excluding hydrogens is 309 g/mol. The molecule has 2 atom stereocenters. The molecule has 2 aromatic rings. The molecular formula is C18H20FN3O2. The zero-order valence-electron chi connectivity index (χ0n) is 13.5. The second-order valence-electron chi connectivity index (χ2n) is 5.90. The Morgan fingerprint density at radius 1 is 1.33 bits per heavy atom. The number of aromatic nitrogens is 1. The van der Waals surface area contributed by atoms with Crippen molar-refractivity contribution >= 4 is 11.7 Å². The Morgan fingerprint density at radius 3 is 2.96 bits per heavy atom. The summed E-state index contributed by atoms with van der Waals surface area (Å²) in [5, 5.41) is 5.51. The maximum Gasteiger partial charge on any atom is 0.319 e. The number of hydrogen-bond donors (Lipinski definition) is 2. The third kappa shape index (κ3) is 3.89. The van der Waals surface area contributed by atoms with Crippen LogP contribution in [-0.4, -0.2) is 23.7 Å². The Hall–Kier alpha value is -2.47. The number of para-hydroxylation sites is 1. The van der Waals surface area contributed by atoms with Gasteiger partial charge in [0.25, 0.3) is 0 Å². The Bertz CT molecular complexity index is 688. The number of carbonyl (C=O) groups is 1. The van der Waals surface area contributed by atoms with E-state index in [0.717, 1.165) is 12.0 Å². The highest BCUT2D eigenvalue weighted by atomic mass is 19.1. The fraction of sp³-hybridized carbons (Fsp3) is 0.333. The first-order valence-electron chi connectivity index (χ1n) is 7.97. The van der Waals surface area contributed by atoms with Gasteiger partial charge in [0.05, 0.1) is 11.8 Å². The molecule has 1 aromatic carbocycles. The highest BCUT2D eigenvalue weighted by Crippen LogP contribution is 2.27. The van der Waals surface area contributed by atoms with Gasteiger partial charge in [-0.15, -0.1) is 0 Å². The summed E-state index contributed by atoms with van der Waals surface area (Å²) in [5.74, 6) is -0.439. The minimum atomic E-state index is -0.439. The summed E-state index contributed by atoms with van der Waals surface area (Å²) < 4.78 is 19.6. The van der Waals surface area contributed by atoms with E-state index in [0.29, 0.717) is 18.6 Å². The number of hydrogen-bond acceptors (Lipinski definition) is 3. The van der Waals surface area contributed by atoms with Crippen LogP contribution in [0.2, 0.25) is 0 Å². The molecule has 3 rings (SSSR count). The van der Waals surface area contributed by atoms with Crippen LogP contribution in [0.5, 0.6) is 0 Å². The average Bonchev–Trinajstić information content (AvgIpc) is 2.59. The van der Waals surface area contributed by atoms with Gasteiger partial charge in [-0.3, -0.25) is 4.98 Å². The van der Waals surface area contributed by atoms with Crippen molar-refractivity contribution in [2.45, 2.75) is 31.9 Å². The molecule has 1 aromatic heterocycles. The van der Waals surface area contributed by atoms with Gasteiger partial charge in [0.2, 0.25) is 0 Å². The summed E-state index contributed by atoms with van der Waals surface area (Å²) in [5.41, 5.74) is 1.89. The lowest BCUT2D eigenvalue weighted by Gasteiger charge is -2.30. The molecule has 0 saturated carbocycles. The van der Waals surface area contributed by atoms with Crippen molar-refractivity contribution in [1.29, 1.82) is 0 Å². The van der Waals surface area contributed by atoms with Gasteiger partial charge in [-0.25, -0.2) is 9.18 Å². The molecule has 2 heterocycles. The number of urea groups is 1. The van der Waals surface area contributed by atoms with Gasteiger partial charge in [0.15, 0.2) is 0 Å². The van der Waals surface area contributed by atoms with Crippen LogP contribution in [0.25, 0.3) is 0 Å². The van der Waals surface area contributed by atoms with Crippen molar-refractivity contribution < 1.29 is 13.9 Å². The van der Waals surface area contributed by atoms with E-state index in [9.17, 15) is 9.18 Å². The minimum Gasteiger partial charge on any atom is -0.373 e. The van der Waals surface area contributed by atoms with Gasteiger partial charge >= 0.3 is 6.03 Å². The highest BCUT2D eigenvalue weighted by Gasteiger charge is 2.25. The van der Waals surface area contributed by atoms with Crippen LogP contribution in [0.15, 0.2) is 42.7 Å². The van der Waals surface area contributed by atoms with Crippen LogP contribution in [0.4, 0.5) is 14.9 Å². The lowest BCUT2D eigenvalue weighted by atomic mass is 9.99. The lowest BCUT2D eigenvalue weighted by Crippen LogP contribution is -2.42. The van der Waals surface area contributed by atoms with Crippen molar-refractivity contribution in [3.05, 3.63) is 59.7 Å². The van der Waals surface area contributed by atoms with Gasteiger partial charge in [-0.2, -0.15) is 0 Å². The Labute approximate surface area is 140 Å². The molecule has 1 fully saturated rings. The molecule has 5 nitrogen and oxygen atoms in total. The molecule has 126 valence electrons. The molecule has 0 spiro atoms. The number of ether oxygens (including phenoxy) is 1. The van der Waals surface area contributed by atoms with E-state index in [4.69, 9.17) is 4.74 Å². The van der Waals surface area contributed by atoms with Gasteiger partial charge in [-0.05, 0) is 43.0 Å². The predicted octanol–water partition coefficient (Wildman–Crippen LogP) is 3.57. The van der Waals surface area contributed by atoms with Crippen LogP contribution < -0.4 is 10.6 Å². The number of nitrogens with zero attached hydrogens (tertiary/aromatic N) is 1. The predicted molar refractivity (Wildman–Crippen MR) is 89.2 cm³/mol. The number of aryl methyl sites for hydroxylation is 1. The van der Waals surface area contributed by atoms with Crippen LogP contribution >= 0.6 is 0 Å². The third-order valence-electron chi connectivity index (χ3n) is 4.14. The molecule has 1 aliphatic rings. The normalized spacial score (nSPS) is 20.4. The van der Waals surface area contributed by atoms with Crippen molar-refractivity contribution in [2.75, 3.05) is 11.9 Å². The molecule has 1 saturated heterocycles. The quantitative estimate of drug-likeness (QED) is 0.905. The summed E-state index contributed by atoms with van der Waals surface area (Å²) in [6, 6.07) is 8.09. The number of pyridine rings is 1. The van der Waals surface area contributed by atoms with Gasteiger partial charge in [-0.1, -0.05) is 18.2 Å². The fourth-order valence-corrected chi connectivity index (χ4v) is 2.85. The van der Waals surface area contributed by atoms with E-state index >= 15 is 0 Å². The van der Waals surface area contributed by atoms with Crippen LogP contribution in [-0.2, 0) is 4.74 Å². The zero-order valence-corrected chi connectivity index (χ0v) is 13.5. The first kappa shape index (κ1) is 16.4. The molecule has 6 heteroatoms. The van der Waals surface area contributed by atoms with Crippen molar-refractivity contribution in [3.63, 3.8) is 0 Å². The van der Waals surface area contributed by atoms with E-state index in [1.807, 2.05) is 12.1 Å². The number of nitrogens with one attached hydrogen (secondary N) is 2. The maximum absolute atomic E-state index is 13.8. The molecule has 0 bridgehead atoms. The molecule has 1 aliphatic heterocycles. The van der Waals surface area contributed by atoms with Crippen molar-refractivity contribution in [2.24, 2.45) is 0 Å². The molecule has 24 heavy (non-hydrogen) atoms. The van der Waals surface area contributed by atoms with Gasteiger partial charge < -0.3 is 15.4 Å². The zero-order chi connectivity index (χ0) is 16.9. The summed E-state index contributed by atoms with van der Waals surface area (Å²) in [4.78, 5) is 16.3. The van der Waals surface area contributed by atoms with E-state index < -0.39 is 11.8 Å². The second kappa shape index (κ2) is 7.40. The van der Waals surface area contributed by atoms with Crippen LogP contribution in [0.1, 0.15) is 30.1 Å². The molecule has 0 aliphatic carbocycles. The monoisotopic (exact) mass is 329 g/mol. The number of benzene rings is 1. The van der Waals surface area contributed by atoms with Gasteiger partial charge in [0.1, 0.15) is 5.82 Å². The van der Waals surface area contributed by atoms with Crippen LogP contribution in [0, 0.1) is 12.7 Å². The molecule has 2 N–H and O–H groups in total. The minimum absolute atomic E-state index is 0.0314. The number of halogens is 1. The Balaban J connectivity index is 1.60. The number of amides is 2. The van der Waals surface area contributed by atoms with Gasteiger partial charge in [0, 0.05) is 25.0 Å². The maximum atomic E-state index is 13.8. The summed E-state index contributed by atoms with van der Waals surface area (Å²) in [7, 11) is 0. The van der Waals surface area contributed by atoms with E-state index in [2.05, 4.69) is 15.6 Å². The van der Waals surface area contributed by atoms with Crippen LogP contribution in [0.3, 0.4) is 0 Å². The fourth-order valence-electron chi connectivity index (χ4n) is 2.85. The molecule has 2 unspecified atom stereocenters. The second-order valence-corrected chi connectivity index (χ2v) is 5.90. The number of anilines is 1. The molecule has 2 amide bonds. The number of rotatable bonds is 3. The third-order valence-corrected chi connectivity index (χ3v) is 4.14. The smallest absolute Gasteiger partial charge is 0.319 e.